The van der Waals surface area contributed by atoms with Gasteiger partial charge in [-0.2, -0.15) is 0 Å². The molecule has 0 aliphatic heterocycles. The quantitative estimate of drug-likeness (QED) is 0.804. The zero-order chi connectivity index (χ0) is 13.1. The fourth-order valence-corrected chi connectivity index (χ4v) is 1.74. The number of rotatable bonds is 3. The number of carboxylic acid groups (broad SMARTS) is 1. The Morgan fingerprint density at radius 3 is 2.89 bits per heavy atom. The lowest BCUT2D eigenvalue weighted by Gasteiger charge is -2.09. The minimum atomic E-state index is -1.09. The third-order valence-electron chi connectivity index (χ3n) is 2.19. The molecule has 0 radical (unpaired) electrons. The smallest absolute Gasteiger partial charge is 0.337 e. The Labute approximate surface area is 111 Å². The molecule has 2 rings (SSSR count). The third kappa shape index (κ3) is 2.57. The molecule has 0 aromatic carbocycles. The highest BCUT2D eigenvalue weighted by Gasteiger charge is 2.12. The SMILES string of the molecule is Nc1c(C(=O)O)ccnc1Nc1cncc(Br)c1. The van der Waals surface area contributed by atoms with E-state index in [9.17, 15) is 4.79 Å². The van der Waals surface area contributed by atoms with Crippen molar-refractivity contribution in [2.24, 2.45) is 0 Å². The van der Waals surface area contributed by atoms with E-state index in [4.69, 9.17) is 10.8 Å². The molecule has 4 N–H and O–H groups in total. The summed E-state index contributed by atoms with van der Waals surface area (Å²) in [4.78, 5) is 18.9. The molecule has 0 saturated carbocycles. The van der Waals surface area contributed by atoms with Crippen molar-refractivity contribution in [2.75, 3.05) is 11.1 Å². The van der Waals surface area contributed by atoms with Gasteiger partial charge in [-0.25, -0.2) is 9.78 Å². The maximum Gasteiger partial charge on any atom is 0.337 e. The Hall–Kier alpha value is -2.15. The fraction of sp³-hybridized carbons (Fsp3) is 0. The van der Waals surface area contributed by atoms with Gasteiger partial charge in [-0.3, -0.25) is 4.98 Å². The summed E-state index contributed by atoms with van der Waals surface area (Å²) in [6.45, 7) is 0. The summed E-state index contributed by atoms with van der Waals surface area (Å²) in [6, 6.07) is 3.13. The van der Waals surface area contributed by atoms with Gasteiger partial charge in [-0.1, -0.05) is 0 Å². The van der Waals surface area contributed by atoms with Gasteiger partial charge < -0.3 is 16.2 Å². The van der Waals surface area contributed by atoms with Gasteiger partial charge in [0.05, 0.1) is 23.1 Å². The fourth-order valence-electron chi connectivity index (χ4n) is 1.38. The minimum absolute atomic E-state index is 0.00968. The van der Waals surface area contributed by atoms with Crippen LogP contribution in [0.4, 0.5) is 17.2 Å². The molecule has 0 aliphatic carbocycles. The highest BCUT2D eigenvalue weighted by Crippen LogP contribution is 2.24. The molecule has 92 valence electrons. The van der Waals surface area contributed by atoms with Crippen LogP contribution in [0, 0.1) is 0 Å². The number of pyridine rings is 2. The molecule has 0 aliphatic rings. The Morgan fingerprint density at radius 2 is 2.22 bits per heavy atom. The molecule has 6 nitrogen and oxygen atoms in total. The Bertz CT molecular complexity index is 603. The maximum absolute atomic E-state index is 10.9. The lowest BCUT2D eigenvalue weighted by atomic mass is 10.2. The van der Waals surface area contributed by atoms with Crippen molar-refractivity contribution in [1.29, 1.82) is 0 Å². The van der Waals surface area contributed by atoms with E-state index in [0.717, 1.165) is 4.47 Å². The normalized spacial score (nSPS) is 10.1. The molecule has 7 heteroatoms. The van der Waals surface area contributed by atoms with Crippen LogP contribution in [0.15, 0.2) is 35.2 Å². The molecule has 0 spiro atoms. The second-order valence-electron chi connectivity index (χ2n) is 3.44. The second-order valence-corrected chi connectivity index (χ2v) is 4.36. The molecule has 2 aromatic heterocycles. The molecular weight excluding hydrogens is 300 g/mol. The van der Waals surface area contributed by atoms with Crippen molar-refractivity contribution in [3.05, 3.63) is 40.8 Å². The van der Waals surface area contributed by atoms with Gasteiger partial charge >= 0.3 is 5.97 Å². The van der Waals surface area contributed by atoms with Gasteiger partial charge in [-0.05, 0) is 28.1 Å². The molecule has 0 atom stereocenters. The Balaban J connectivity index is 2.35. The van der Waals surface area contributed by atoms with Gasteiger partial charge in [0.2, 0.25) is 0 Å². The van der Waals surface area contributed by atoms with E-state index in [1.54, 1.807) is 18.5 Å². The number of hydrogen-bond acceptors (Lipinski definition) is 5. The first-order valence-electron chi connectivity index (χ1n) is 4.93. The van der Waals surface area contributed by atoms with E-state index in [2.05, 4.69) is 31.2 Å². The largest absolute Gasteiger partial charge is 0.478 e. The summed E-state index contributed by atoms with van der Waals surface area (Å²) in [5.74, 6) is -0.805. The maximum atomic E-state index is 10.9. The topological polar surface area (TPSA) is 101 Å². The average Bonchev–Trinajstić information content (AvgIpc) is 2.31. The molecule has 2 aromatic rings. The van der Waals surface area contributed by atoms with Crippen molar-refractivity contribution >= 4 is 39.1 Å². The number of nitrogen functional groups attached to an aromatic ring is 1. The van der Waals surface area contributed by atoms with Crippen LogP contribution >= 0.6 is 15.9 Å². The molecule has 0 unspecified atom stereocenters. The summed E-state index contributed by atoms with van der Waals surface area (Å²) < 4.78 is 0.792. The summed E-state index contributed by atoms with van der Waals surface area (Å²) >= 11 is 3.28. The average molecular weight is 309 g/mol. The van der Waals surface area contributed by atoms with Crippen LogP contribution in [0.1, 0.15) is 10.4 Å². The minimum Gasteiger partial charge on any atom is -0.478 e. The van der Waals surface area contributed by atoms with E-state index in [1.807, 2.05) is 0 Å². The number of aromatic carboxylic acids is 1. The summed E-state index contributed by atoms with van der Waals surface area (Å²) in [6.07, 6.45) is 4.60. The number of anilines is 3. The number of nitrogens with two attached hydrogens (primary N) is 1. The van der Waals surface area contributed by atoms with Crippen molar-refractivity contribution in [3.8, 4) is 0 Å². The molecule has 2 heterocycles. The van der Waals surface area contributed by atoms with Crippen LogP contribution in [-0.4, -0.2) is 21.0 Å². The van der Waals surface area contributed by atoms with Gasteiger partial charge in [0.1, 0.15) is 0 Å². The molecule has 0 fully saturated rings. The van der Waals surface area contributed by atoms with Crippen LogP contribution in [0.3, 0.4) is 0 Å². The lowest BCUT2D eigenvalue weighted by Crippen LogP contribution is -2.07. The van der Waals surface area contributed by atoms with Crippen molar-refractivity contribution in [3.63, 3.8) is 0 Å². The number of halogens is 1. The van der Waals surface area contributed by atoms with Gasteiger partial charge in [-0.15, -0.1) is 0 Å². The molecule has 18 heavy (non-hydrogen) atoms. The van der Waals surface area contributed by atoms with E-state index in [1.165, 1.54) is 12.3 Å². The highest BCUT2D eigenvalue weighted by atomic mass is 79.9. The number of aromatic nitrogens is 2. The van der Waals surface area contributed by atoms with Crippen LogP contribution in [0.25, 0.3) is 0 Å². The van der Waals surface area contributed by atoms with E-state index in [0.29, 0.717) is 5.69 Å². The zero-order valence-corrected chi connectivity index (χ0v) is 10.7. The molecule has 0 bridgehead atoms. The van der Waals surface area contributed by atoms with Crippen LogP contribution < -0.4 is 11.1 Å². The Morgan fingerprint density at radius 1 is 1.44 bits per heavy atom. The molecular formula is C11H9BrN4O2. The first-order chi connectivity index (χ1) is 8.58. The number of nitrogens with one attached hydrogen (secondary N) is 1. The van der Waals surface area contributed by atoms with Crippen LogP contribution in [0.2, 0.25) is 0 Å². The van der Waals surface area contributed by atoms with Gasteiger partial charge in [0.15, 0.2) is 5.82 Å². The summed E-state index contributed by atoms with van der Waals surface area (Å²) in [5, 5.41) is 11.9. The van der Waals surface area contributed by atoms with Gasteiger partial charge in [0.25, 0.3) is 0 Å². The predicted molar refractivity (Wildman–Crippen MR) is 70.8 cm³/mol. The molecule has 0 amide bonds. The standard InChI is InChI=1S/C11H9BrN4O2/c12-6-3-7(5-14-4-6)16-10-9(13)8(11(17)18)1-2-15-10/h1-5H,13H2,(H,15,16)(H,17,18). The van der Waals surface area contributed by atoms with Gasteiger partial charge in [0, 0.05) is 16.9 Å². The molecule has 0 saturated heterocycles. The van der Waals surface area contributed by atoms with Crippen LogP contribution in [-0.2, 0) is 0 Å². The van der Waals surface area contributed by atoms with Crippen molar-refractivity contribution < 1.29 is 9.90 Å². The first-order valence-corrected chi connectivity index (χ1v) is 5.72. The lowest BCUT2D eigenvalue weighted by molar-refractivity contribution is 0.0698. The second kappa shape index (κ2) is 5.01. The number of carboxylic acids is 1. The van der Waals surface area contributed by atoms with Crippen molar-refractivity contribution in [1.82, 2.24) is 9.97 Å². The monoisotopic (exact) mass is 308 g/mol. The zero-order valence-electron chi connectivity index (χ0n) is 9.09. The number of carbonyl (C=O) groups is 1. The third-order valence-corrected chi connectivity index (χ3v) is 2.62. The summed E-state index contributed by atoms with van der Waals surface area (Å²) in [5.41, 5.74) is 6.49. The first kappa shape index (κ1) is 12.3. The van der Waals surface area contributed by atoms with E-state index >= 15 is 0 Å². The van der Waals surface area contributed by atoms with E-state index < -0.39 is 5.97 Å². The highest BCUT2D eigenvalue weighted by molar-refractivity contribution is 9.10. The van der Waals surface area contributed by atoms with Crippen LogP contribution in [0.5, 0.6) is 0 Å². The number of hydrogen-bond donors (Lipinski definition) is 3. The summed E-state index contributed by atoms with van der Waals surface area (Å²) in [7, 11) is 0. The number of nitrogens with zero attached hydrogens (tertiary/aromatic N) is 2. The Kier molecular flexibility index (Phi) is 3.42. The van der Waals surface area contributed by atoms with Crippen molar-refractivity contribution in [2.45, 2.75) is 0 Å². The van der Waals surface area contributed by atoms with E-state index in [-0.39, 0.29) is 17.1 Å². The predicted octanol–water partition coefficient (Wildman–Crippen LogP) is 2.26.